The first-order valence-corrected chi connectivity index (χ1v) is 8.44. The molecule has 1 aromatic heterocycles. The topological polar surface area (TPSA) is 66.0 Å². The third-order valence-electron chi connectivity index (χ3n) is 4.84. The minimum atomic E-state index is 0. The molecule has 2 N–H and O–H groups in total. The van der Waals surface area contributed by atoms with Gasteiger partial charge in [0, 0.05) is 19.1 Å². The number of hydrogen-bond donors (Lipinski definition) is 1. The molecule has 1 fully saturated rings. The van der Waals surface area contributed by atoms with Gasteiger partial charge in [0.15, 0.2) is 0 Å². The molecular weight excluding hydrogens is 324 g/mol. The number of aromatic nitrogens is 3. The molecular formula is C18H27ClN4O. The average molecular weight is 351 g/mol. The molecule has 3 rings (SSSR count). The van der Waals surface area contributed by atoms with Gasteiger partial charge < -0.3 is 10.5 Å². The van der Waals surface area contributed by atoms with E-state index < -0.39 is 0 Å². The minimum Gasteiger partial charge on any atom is -0.380 e. The third-order valence-corrected chi connectivity index (χ3v) is 4.84. The Bertz CT molecular complexity index is 673. The third kappa shape index (κ3) is 3.63. The van der Waals surface area contributed by atoms with Crippen LogP contribution in [-0.4, -0.2) is 34.0 Å². The van der Waals surface area contributed by atoms with Gasteiger partial charge in [-0.15, -0.1) is 12.4 Å². The SMILES string of the molecule is CCc1ccccc1-n1nc(C)nc1[C@H]1CC[C@@H](OC)[C@H](N)C1.Cl. The normalized spacial score (nSPS) is 23.8. The van der Waals surface area contributed by atoms with Crippen molar-refractivity contribution in [1.29, 1.82) is 0 Å². The summed E-state index contributed by atoms with van der Waals surface area (Å²) in [5.41, 5.74) is 8.70. The summed E-state index contributed by atoms with van der Waals surface area (Å²) in [6.45, 7) is 4.12. The maximum absolute atomic E-state index is 6.29. The second-order valence-electron chi connectivity index (χ2n) is 6.36. The van der Waals surface area contributed by atoms with E-state index in [1.165, 1.54) is 5.56 Å². The van der Waals surface area contributed by atoms with Crippen molar-refractivity contribution in [2.75, 3.05) is 7.11 Å². The lowest BCUT2D eigenvalue weighted by atomic mass is 9.83. The van der Waals surface area contributed by atoms with Crippen LogP contribution in [0.25, 0.3) is 5.69 Å². The molecule has 5 nitrogen and oxygen atoms in total. The van der Waals surface area contributed by atoms with Crippen LogP contribution < -0.4 is 5.73 Å². The number of aryl methyl sites for hydroxylation is 2. The van der Waals surface area contributed by atoms with Crippen LogP contribution >= 0.6 is 12.4 Å². The maximum atomic E-state index is 6.29. The van der Waals surface area contributed by atoms with Crippen LogP contribution in [0.2, 0.25) is 0 Å². The Balaban J connectivity index is 0.00000208. The highest BCUT2D eigenvalue weighted by Gasteiger charge is 2.32. The molecule has 0 bridgehead atoms. The van der Waals surface area contributed by atoms with Crippen molar-refractivity contribution in [2.24, 2.45) is 5.73 Å². The molecule has 1 saturated carbocycles. The van der Waals surface area contributed by atoms with Crippen molar-refractivity contribution in [3.8, 4) is 5.69 Å². The lowest BCUT2D eigenvalue weighted by Gasteiger charge is -2.32. The molecule has 6 heteroatoms. The first kappa shape index (κ1) is 18.9. The quantitative estimate of drug-likeness (QED) is 0.919. The summed E-state index contributed by atoms with van der Waals surface area (Å²) in [7, 11) is 1.75. The Hall–Kier alpha value is -1.43. The number of ether oxygens (including phenoxy) is 1. The number of para-hydroxylation sites is 1. The smallest absolute Gasteiger partial charge is 0.148 e. The molecule has 0 amide bonds. The summed E-state index contributed by atoms with van der Waals surface area (Å²) < 4.78 is 7.50. The number of hydrogen-bond acceptors (Lipinski definition) is 4. The van der Waals surface area contributed by atoms with Crippen LogP contribution in [0.3, 0.4) is 0 Å². The van der Waals surface area contributed by atoms with E-state index in [0.717, 1.165) is 43.0 Å². The van der Waals surface area contributed by atoms with Gasteiger partial charge in [-0.3, -0.25) is 0 Å². The largest absolute Gasteiger partial charge is 0.380 e. The van der Waals surface area contributed by atoms with Crippen molar-refractivity contribution in [3.05, 3.63) is 41.5 Å². The molecule has 0 saturated heterocycles. The van der Waals surface area contributed by atoms with Crippen LogP contribution in [-0.2, 0) is 11.2 Å². The van der Waals surface area contributed by atoms with Crippen molar-refractivity contribution in [2.45, 2.75) is 57.6 Å². The molecule has 24 heavy (non-hydrogen) atoms. The van der Waals surface area contributed by atoms with Crippen LogP contribution in [0.5, 0.6) is 0 Å². The van der Waals surface area contributed by atoms with E-state index >= 15 is 0 Å². The zero-order chi connectivity index (χ0) is 16.4. The van der Waals surface area contributed by atoms with Gasteiger partial charge in [-0.25, -0.2) is 9.67 Å². The van der Waals surface area contributed by atoms with E-state index in [0.29, 0.717) is 5.92 Å². The van der Waals surface area contributed by atoms with Crippen LogP contribution in [0.15, 0.2) is 24.3 Å². The highest BCUT2D eigenvalue weighted by atomic mass is 35.5. The Morgan fingerprint density at radius 1 is 1.29 bits per heavy atom. The van der Waals surface area contributed by atoms with Gasteiger partial charge in [-0.1, -0.05) is 25.1 Å². The second-order valence-corrected chi connectivity index (χ2v) is 6.36. The summed E-state index contributed by atoms with van der Waals surface area (Å²) in [4.78, 5) is 4.73. The molecule has 1 aliphatic carbocycles. The van der Waals surface area contributed by atoms with Crippen molar-refractivity contribution >= 4 is 12.4 Å². The number of nitrogens with zero attached hydrogens (tertiary/aromatic N) is 3. The first-order chi connectivity index (χ1) is 11.1. The van der Waals surface area contributed by atoms with Gasteiger partial charge in [0.25, 0.3) is 0 Å². The lowest BCUT2D eigenvalue weighted by molar-refractivity contribution is 0.0482. The van der Waals surface area contributed by atoms with Gasteiger partial charge in [-0.2, -0.15) is 5.10 Å². The van der Waals surface area contributed by atoms with E-state index in [1.54, 1.807) is 7.11 Å². The molecule has 0 unspecified atom stereocenters. The zero-order valence-electron chi connectivity index (χ0n) is 14.6. The summed E-state index contributed by atoms with van der Waals surface area (Å²) in [6.07, 6.45) is 4.05. The molecule has 1 heterocycles. The molecule has 2 aromatic rings. The molecule has 3 atom stereocenters. The van der Waals surface area contributed by atoms with E-state index in [9.17, 15) is 0 Å². The van der Waals surface area contributed by atoms with Crippen molar-refractivity contribution in [1.82, 2.24) is 14.8 Å². The van der Waals surface area contributed by atoms with Crippen LogP contribution in [0, 0.1) is 6.92 Å². The fourth-order valence-corrected chi connectivity index (χ4v) is 3.59. The molecule has 0 spiro atoms. The number of benzene rings is 1. The maximum Gasteiger partial charge on any atom is 0.148 e. The predicted octanol–water partition coefficient (Wildman–Crippen LogP) is 3.17. The number of halogens is 1. The van der Waals surface area contributed by atoms with E-state index in [4.69, 9.17) is 15.5 Å². The van der Waals surface area contributed by atoms with Gasteiger partial charge in [0.05, 0.1) is 11.8 Å². The lowest BCUT2D eigenvalue weighted by Crippen LogP contribution is -2.41. The van der Waals surface area contributed by atoms with E-state index in [1.807, 2.05) is 11.6 Å². The summed E-state index contributed by atoms with van der Waals surface area (Å²) >= 11 is 0. The first-order valence-electron chi connectivity index (χ1n) is 8.44. The Morgan fingerprint density at radius 2 is 2.04 bits per heavy atom. The molecule has 1 aromatic carbocycles. The fourth-order valence-electron chi connectivity index (χ4n) is 3.59. The highest BCUT2D eigenvalue weighted by molar-refractivity contribution is 5.85. The number of methoxy groups -OCH3 is 1. The average Bonchev–Trinajstić information content (AvgIpc) is 2.96. The second kappa shape index (κ2) is 8.10. The summed E-state index contributed by atoms with van der Waals surface area (Å²) in [5.74, 6) is 2.18. The Labute approximate surface area is 150 Å². The molecule has 0 aliphatic heterocycles. The zero-order valence-corrected chi connectivity index (χ0v) is 15.4. The van der Waals surface area contributed by atoms with Gasteiger partial charge >= 0.3 is 0 Å². The van der Waals surface area contributed by atoms with E-state index in [-0.39, 0.29) is 24.6 Å². The van der Waals surface area contributed by atoms with Gasteiger partial charge in [-0.05, 0) is 44.2 Å². The van der Waals surface area contributed by atoms with Crippen LogP contribution in [0.4, 0.5) is 0 Å². The monoisotopic (exact) mass is 350 g/mol. The van der Waals surface area contributed by atoms with Gasteiger partial charge in [0.2, 0.25) is 0 Å². The Morgan fingerprint density at radius 3 is 2.71 bits per heavy atom. The van der Waals surface area contributed by atoms with E-state index in [2.05, 4.69) is 36.3 Å². The van der Waals surface area contributed by atoms with Crippen LogP contribution in [0.1, 0.15) is 49.3 Å². The number of rotatable bonds is 4. The van der Waals surface area contributed by atoms with Gasteiger partial charge in [0.1, 0.15) is 11.6 Å². The van der Waals surface area contributed by atoms with Crippen molar-refractivity contribution < 1.29 is 4.74 Å². The van der Waals surface area contributed by atoms with Crippen molar-refractivity contribution in [3.63, 3.8) is 0 Å². The highest BCUT2D eigenvalue weighted by Crippen LogP contribution is 2.34. The molecule has 132 valence electrons. The molecule has 1 aliphatic rings. The molecule has 0 radical (unpaired) electrons. The summed E-state index contributed by atoms with van der Waals surface area (Å²) in [5, 5.41) is 4.66. The Kier molecular flexibility index (Phi) is 6.38. The number of nitrogens with two attached hydrogens (primary N) is 1. The standard InChI is InChI=1S/C18H26N4O.ClH/c1-4-13-7-5-6-8-16(13)22-18(20-12(2)21-22)14-9-10-17(23-3)15(19)11-14;/h5-8,14-15,17H,4,9-11,19H2,1-3H3;1H/t14-,15+,17+;/m0./s1. The minimum absolute atomic E-state index is 0. The fraction of sp³-hybridized carbons (Fsp3) is 0.556. The predicted molar refractivity (Wildman–Crippen MR) is 98.1 cm³/mol. The summed E-state index contributed by atoms with van der Waals surface area (Å²) in [6, 6.07) is 8.47.